The number of piperidine rings is 1. The summed E-state index contributed by atoms with van der Waals surface area (Å²) >= 11 is 0. The van der Waals surface area contributed by atoms with Crippen molar-refractivity contribution in [1.29, 1.82) is 0 Å². The molecule has 0 aromatic heterocycles. The minimum Gasteiger partial charge on any atom is -0.497 e. The predicted octanol–water partition coefficient (Wildman–Crippen LogP) is 3.56. The second-order valence-corrected chi connectivity index (χ2v) is 7.95. The van der Waals surface area contributed by atoms with E-state index in [0.29, 0.717) is 18.7 Å². The number of likely N-dealkylation sites (tertiary alicyclic amines) is 2. The van der Waals surface area contributed by atoms with E-state index in [2.05, 4.69) is 0 Å². The molecule has 29 heavy (non-hydrogen) atoms. The first-order chi connectivity index (χ1) is 14.2. The fraction of sp³-hybridized carbons (Fsp3) is 0.417. The molecule has 0 aliphatic carbocycles. The number of methoxy groups -OCH3 is 1. The van der Waals surface area contributed by atoms with Crippen LogP contribution >= 0.6 is 0 Å². The van der Waals surface area contributed by atoms with Crippen molar-refractivity contribution in [3.05, 3.63) is 65.7 Å². The lowest BCUT2D eigenvalue weighted by atomic mass is 9.87. The summed E-state index contributed by atoms with van der Waals surface area (Å²) in [6, 6.07) is 17.2. The summed E-state index contributed by atoms with van der Waals surface area (Å²) in [6.07, 6.45) is 3.32. The van der Waals surface area contributed by atoms with Crippen LogP contribution < -0.4 is 4.74 Å². The van der Waals surface area contributed by atoms with Gasteiger partial charge in [0, 0.05) is 37.7 Å². The molecule has 2 aliphatic heterocycles. The minimum absolute atomic E-state index is 0.00700. The van der Waals surface area contributed by atoms with Gasteiger partial charge < -0.3 is 14.5 Å². The van der Waals surface area contributed by atoms with Gasteiger partial charge in [0.2, 0.25) is 5.91 Å². The molecule has 0 spiro atoms. The highest BCUT2D eigenvalue weighted by Gasteiger charge is 2.42. The maximum atomic E-state index is 13.4. The molecule has 2 aromatic rings. The molecule has 2 aromatic carbocycles. The van der Waals surface area contributed by atoms with Crippen LogP contribution in [0.2, 0.25) is 0 Å². The van der Waals surface area contributed by atoms with Gasteiger partial charge in [0.05, 0.1) is 13.0 Å². The molecule has 4 rings (SSSR count). The highest BCUT2D eigenvalue weighted by Crippen LogP contribution is 2.36. The van der Waals surface area contributed by atoms with Gasteiger partial charge in [-0.2, -0.15) is 0 Å². The lowest BCUT2D eigenvalue weighted by Crippen LogP contribution is -2.42. The molecular weight excluding hydrogens is 364 g/mol. The average Bonchev–Trinajstić information content (AvgIpc) is 3.25. The summed E-state index contributed by atoms with van der Waals surface area (Å²) in [5.41, 5.74) is 1.73. The van der Waals surface area contributed by atoms with Crippen LogP contribution in [0.4, 0.5) is 0 Å². The van der Waals surface area contributed by atoms with Gasteiger partial charge in [-0.25, -0.2) is 0 Å². The van der Waals surface area contributed by atoms with E-state index in [1.165, 1.54) is 6.42 Å². The van der Waals surface area contributed by atoms with Crippen molar-refractivity contribution in [3.63, 3.8) is 0 Å². The van der Waals surface area contributed by atoms with Crippen LogP contribution in [0.5, 0.6) is 5.75 Å². The highest BCUT2D eigenvalue weighted by molar-refractivity contribution is 5.95. The zero-order valence-electron chi connectivity index (χ0n) is 16.9. The van der Waals surface area contributed by atoms with Crippen LogP contribution in [0.15, 0.2) is 54.6 Å². The number of nitrogens with zero attached hydrogens (tertiary/aromatic N) is 2. The first-order valence-electron chi connectivity index (χ1n) is 10.4. The van der Waals surface area contributed by atoms with Gasteiger partial charge >= 0.3 is 0 Å². The molecule has 2 fully saturated rings. The van der Waals surface area contributed by atoms with Gasteiger partial charge in [-0.05, 0) is 49.1 Å². The molecule has 2 amide bonds. The second kappa shape index (κ2) is 8.68. The SMILES string of the molecule is COc1cccc(C2CN(C(=O)c3ccccc3)CC2C(=O)N2CCCCC2)c1. The maximum Gasteiger partial charge on any atom is 0.253 e. The minimum atomic E-state index is -0.215. The Kier molecular flexibility index (Phi) is 5.84. The molecule has 2 unspecified atom stereocenters. The molecule has 0 bridgehead atoms. The third kappa shape index (κ3) is 4.14. The molecule has 0 N–H and O–H groups in total. The Labute approximate surface area is 172 Å². The summed E-state index contributed by atoms with van der Waals surface area (Å²) in [5.74, 6) is 0.716. The molecule has 5 heteroatoms. The van der Waals surface area contributed by atoms with Crippen LogP contribution in [0.25, 0.3) is 0 Å². The first-order valence-corrected chi connectivity index (χ1v) is 10.4. The van der Waals surface area contributed by atoms with Gasteiger partial charge in [0.1, 0.15) is 5.75 Å². The Balaban J connectivity index is 1.61. The molecule has 2 atom stereocenters. The van der Waals surface area contributed by atoms with Crippen molar-refractivity contribution in [2.24, 2.45) is 5.92 Å². The van der Waals surface area contributed by atoms with Crippen molar-refractivity contribution in [2.45, 2.75) is 25.2 Å². The van der Waals surface area contributed by atoms with Gasteiger partial charge in [-0.1, -0.05) is 30.3 Å². The third-order valence-electron chi connectivity index (χ3n) is 6.13. The topological polar surface area (TPSA) is 49.9 Å². The lowest BCUT2D eigenvalue weighted by Gasteiger charge is -2.31. The third-order valence-corrected chi connectivity index (χ3v) is 6.13. The molecule has 2 saturated heterocycles. The molecule has 0 saturated carbocycles. The lowest BCUT2D eigenvalue weighted by molar-refractivity contribution is -0.136. The molecule has 0 radical (unpaired) electrons. The van der Waals surface area contributed by atoms with Crippen LogP contribution in [-0.2, 0) is 4.79 Å². The molecule has 2 aliphatic rings. The number of hydrogen-bond acceptors (Lipinski definition) is 3. The van der Waals surface area contributed by atoms with Crippen molar-refractivity contribution in [3.8, 4) is 5.75 Å². The first kappa shape index (κ1) is 19.5. The normalized spacial score (nSPS) is 21.8. The van der Waals surface area contributed by atoms with E-state index in [1.807, 2.05) is 64.4 Å². The van der Waals surface area contributed by atoms with Crippen molar-refractivity contribution < 1.29 is 14.3 Å². The van der Waals surface area contributed by atoms with Crippen molar-refractivity contribution >= 4 is 11.8 Å². The van der Waals surface area contributed by atoms with Gasteiger partial charge in [-0.15, -0.1) is 0 Å². The molecule has 5 nitrogen and oxygen atoms in total. The number of carbonyl (C=O) groups excluding carboxylic acids is 2. The Hall–Kier alpha value is -2.82. The average molecular weight is 392 g/mol. The van der Waals surface area contributed by atoms with E-state index in [4.69, 9.17) is 4.74 Å². The summed E-state index contributed by atoms with van der Waals surface area (Å²) < 4.78 is 5.39. The van der Waals surface area contributed by atoms with E-state index < -0.39 is 0 Å². The highest BCUT2D eigenvalue weighted by atomic mass is 16.5. The smallest absolute Gasteiger partial charge is 0.253 e. The number of ether oxygens (including phenoxy) is 1. The summed E-state index contributed by atoms with van der Waals surface area (Å²) in [5, 5.41) is 0. The Morgan fingerprint density at radius 2 is 1.66 bits per heavy atom. The molecule has 152 valence electrons. The van der Waals surface area contributed by atoms with Crippen LogP contribution in [0.3, 0.4) is 0 Å². The largest absolute Gasteiger partial charge is 0.497 e. The van der Waals surface area contributed by atoms with Crippen LogP contribution in [0.1, 0.15) is 41.1 Å². The molecular formula is C24H28N2O3. The zero-order chi connectivity index (χ0) is 20.2. The Morgan fingerprint density at radius 1 is 0.897 bits per heavy atom. The van der Waals surface area contributed by atoms with E-state index in [-0.39, 0.29) is 23.7 Å². The maximum absolute atomic E-state index is 13.4. The van der Waals surface area contributed by atoms with Crippen LogP contribution in [-0.4, -0.2) is 54.9 Å². The molecule has 2 heterocycles. The van der Waals surface area contributed by atoms with E-state index >= 15 is 0 Å². The zero-order valence-corrected chi connectivity index (χ0v) is 16.9. The monoisotopic (exact) mass is 392 g/mol. The quantitative estimate of drug-likeness (QED) is 0.799. The number of rotatable bonds is 4. The van der Waals surface area contributed by atoms with Crippen molar-refractivity contribution in [1.82, 2.24) is 9.80 Å². The van der Waals surface area contributed by atoms with Gasteiger partial charge in [0.15, 0.2) is 0 Å². The predicted molar refractivity (Wildman–Crippen MR) is 112 cm³/mol. The van der Waals surface area contributed by atoms with E-state index in [9.17, 15) is 9.59 Å². The fourth-order valence-corrected chi connectivity index (χ4v) is 4.54. The Morgan fingerprint density at radius 3 is 2.38 bits per heavy atom. The Bertz CT molecular complexity index is 861. The van der Waals surface area contributed by atoms with Crippen molar-refractivity contribution in [2.75, 3.05) is 33.3 Å². The standard InChI is InChI=1S/C24H28N2O3/c1-29-20-12-8-11-19(15-20)21-16-26(23(27)18-9-4-2-5-10-18)17-22(21)24(28)25-13-6-3-7-14-25/h2,4-5,8-12,15,21-22H,3,6-7,13-14,16-17H2,1H3. The summed E-state index contributed by atoms with van der Waals surface area (Å²) in [7, 11) is 1.65. The number of hydrogen-bond donors (Lipinski definition) is 0. The van der Waals surface area contributed by atoms with Gasteiger partial charge in [0.25, 0.3) is 5.91 Å². The van der Waals surface area contributed by atoms with E-state index in [1.54, 1.807) is 7.11 Å². The van der Waals surface area contributed by atoms with E-state index in [0.717, 1.165) is 37.2 Å². The second-order valence-electron chi connectivity index (χ2n) is 7.95. The fourth-order valence-electron chi connectivity index (χ4n) is 4.54. The number of benzene rings is 2. The number of carbonyl (C=O) groups is 2. The number of amides is 2. The summed E-state index contributed by atoms with van der Waals surface area (Å²) in [6.45, 7) is 2.66. The summed E-state index contributed by atoms with van der Waals surface area (Å²) in [4.78, 5) is 30.3. The van der Waals surface area contributed by atoms with Crippen LogP contribution in [0, 0.1) is 5.92 Å². The van der Waals surface area contributed by atoms with Gasteiger partial charge in [-0.3, -0.25) is 9.59 Å².